The summed E-state index contributed by atoms with van der Waals surface area (Å²) < 4.78 is 14.0. The van der Waals surface area contributed by atoms with Gasteiger partial charge in [0.15, 0.2) is 0 Å². The van der Waals surface area contributed by atoms with E-state index < -0.39 is 0 Å². The van der Waals surface area contributed by atoms with Gasteiger partial charge in [0.2, 0.25) is 0 Å². The van der Waals surface area contributed by atoms with E-state index in [0.717, 1.165) is 17.9 Å². The predicted molar refractivity (Wildman–Crippen MR) is 92.1 cm³/mol. The molecule has 0 saturated heterocycles. The zero-order valence-corrected chi connectivity index (χ0v) is 14.6. The Kier molecular flexibility index (Phi) is 6.27. The number of rotatable bonds is 6. The molecule has 0 bridgehead atoms. The summed E-state index contributed by atoms with van der Waals surface area (Å²) in [4.78, 5) is 1.19. The van der Waals surface area contributed by atoms with Crippen molar-refractivity contribution in [1.29, 1.82) is 0 Å². The minimum Gasteiger partial charge on any atom is -0.310 e. The summed E-state index contributed by atoms with van der Waals surface area (Å²) in [7, 11) is 0. The first-order valence-electron chi connectivity index (χ1n) is 6.94. The summed E-state index contributed by atoms with van der Waals surface area (Å²) in [5.74, 6) is 0.547. The van der Waals surface area contributed by atoms with Crippen molar-refractivity contribution in [3.05, 3.63) is 63.9 Å². The smallest absolute Gasteiger partial charge is 0.137 e. The van der Waals surface area contributed by atoms with Gasteiger partial charge < -0.3 is 5.32 Å². The van der Waals surface area contributed by atoms with E-state index in [1.54, 1.807) is 17.8 Å². The van der Waals surface area contributed by atoms with E-state index in [1.165, 1.54) is 16.5 Å². The van der Waals surface area contributed by atoms with E-state index in [2.05, 4.69) is 59.4 Å². The van der Waals surface area contributed by atoms with Gasteiger partial charge >= 0.3 is 0 Å². The lowest BCUT2D eigenvalue weighted by Gasteiger charge is -2.09. The second-order valence-electron chi connectivity index (χ2n) is 5.18. The van der Waals surface area contributed by atoms with Crippen LogP contribution in [-0.2, 0) is 12.3 Å². The minimum atomic E-state index is -0.205. The van der Waals surface area contributed by atoms with Gasteiger partial charge in [-0.05, 0) is 45.3 Å². The van der Waals surface area contributed by atoms with Gasteiger partial charge in [-0.2, -0.15) is 0 Å². The number of hydrogen-bond donors (Lipinski definition) is 1. The van der Waals surface area contributed by atoms with E-state index in [1.807, 2.05) is 6.07 Å². The van der Waals surface area contributed by atoms with Crippen LogP contribution in [0.3, 0.4) is 0 Å². The van der Waals surface area contributed by atoms with Gasteiger partial charge in [0.1, 0.15) is 5.82 Å². The number of hydrogen-bond acceptors (Lipinski definition) is 2. The van der Waals surface area contributed by atoms with Crippen LogP contribution in [0.5, 0.6) is 0 Å². The van der Waals surface area contributed by atoms with Crippen LogP contribution < -0.4 is 5.32 Å². The maximum absolute atomic E-state index is 13.4. The minimum absolute atomic E-state index is 0.205. The van der Waals surface area contributed by atoms with Crippen LogP contribution in [0.25, 0.3) is 0 Å². The largest absolute Gasteiger partial charge is 0.310 e. The molecule has 21 heavy (non-hydrogen) atoms. The Balaban J connectivity index is 1.93. The fourth-order valence-electron chi connectivity index (χ4n) is 1.85. The number of thioether (sulfide) groups is 1. The zero-order valence-electron chi connectivity index (χ0n) is 12.2. The van der Waals surface area contributed by atoms with Gasteiger partial charge in [-0.25, -0.2) is 4.39 Å². The van der Waals surface area contributed by atoms with Crippen molar-refractivity contribution in [3.8, 4) is 0 Å². The number of benzene rings is 2. The van der Waals surface area contributed by atoms with E-state index in [9.17, 15) is 4.39 Å². The predicted octanol–water partition coefficient (Wildman–Crippen LogP) is 5.38. The number of halogens is 2. The highest BCUT2D eigenvalue weighted by Gasteiger charge is 2.05. The lowest BCUT2D eigenvalue weighted by atomic mass is 10.2. The molecule has 4 heteroatoms. The Morgan fingerprint density at radius 3 is 2.52 bits per heavy atom. The molecule has 0 saturated carbocycles. The van der Waals surface area contributed by atoms with Crippen LogP contribution in [0.4, 0.5) is 4.39 Å². The Hall–Kier alpha value is -0.840. The van der Waals surface area contributed by atoms with Crippen molar-refractivity contribution >= 4 is 27.7 Å². The Bertz CT molecular complexity index is 584. The summed E-state index contributed by atoms with van der Waals surface area (Å²) in [6, 6.07) is 14.2. The van der Waals surface area contributed by atoms with E-state index >= 15 is 0 Å². The van der Waals surface area contributed by atoms with E-state index in [-0.39, 0.29) is 5.82 Å². The third-order valence-corrected chi connectivity index (χ3v) is 5.01. The first-order valence-corrected chi connectivity index (χ1v) is 8.72. The molecule has 0 amide bonds. The average molecular weight is 368 g/mol. The fourth-order valence-corrected chi connectivity index (χ4v) is 3.33. The molecule has 0 aromatic heterocycles. The monoisotopic (exact) mass is 367 g/mol. The van der Waals surface area contributed by atoms with Gasteiger partial charge in [0.25, 0.3) is 0 Å². The first-order chi connectivity index (χ1) is 10.1. The Morgan fingerprint density at radius 1 is 1.14 bits per heavy atom. The van der Waals surface area contributed by atoms with Gasteiger partial charge in [-0.3, -0.25) is 0 Å². The highest BCUT2D eigenvalue weighted by atomic mass is 79.9. The molecule has 112 valence electrons. The molecule has 0 aliphatic rings. The zero-order chi connectivity index (χ0) is 15.2. The molecule has 0 fully saturated rings. The molecule has 0 unspecified atom stereocenters. The summed E-state index contributed by atoms with van der Waals surface area (Å²) in [6.45, 7) is 5.17. The van der Waals surface area contributed by atoms with Crippen molar-refractivity contribution in [2.45, 2.75) is 37.1 Å². The third-order valence-electron chi connectivity index (χ3n) is 3.06. The average Bonchev–Trinajstić information content (AvgIpc) is 2.48. The van der Waals surface area contributed by atoms with Gasteiger partial charge in [-0.1, -0.05) is 38.1 Å². The summed E-state index contributed by atoms with van der Waals surface area (Å²) in [6.07, 6.45) is 0. The van der Waals surface area contributed by atoms with Gasteiger partial charge in [0, 0.05) is 23.2 Å². The molecule has 2 aromatic carbocycles. The third kappa shape index (κ3) is 5.13. The molecule has 1 nitrogen and oxygen atoms in total. The molecule has 1 N–H and O–H groups in total. The van der Waals surface area contributed by atoms with Crippen molar-refractivity contribution in [1.82, 2.24) is 5.32 Å². The van der Waals surface area contributed by atoms with Crippen LogP contribution in [-0.4, -0.2) is 6.04 Å². The highest BCUT2D eigenvalue weighted by Crippen LogP contribution is 2.28. The van der Waals surface area contributed by atoms with Crippen LogP contribution in [0.1, 0.15) is 25.0 Å². The SMILES string of the molecule is CC(C)NCc1ccc(SCc2cccc(F)c2Br)cc1. The maximum atomic E-state index is 13.4. The second kappa shape index (κ2) is 7.97. The Labute approximate surface area is 138 Å². The lowest BCUT2D eigenvalue weighted by Crippen LogP contribution is -2.21. The van der Waals surface area contributed by atoms with Crippen LogP contribution in [0.15, 0.2) is 51.8 Å². The molecule has 0 atom stereocenters. The van der Waals surface area contributed by atoms with Crippen LogP contribution in [0.2, 0.25) is 0 Å². The van der Waals surface area contributed by atoms with Crippen molar-refractivity contribution < 1.29 is 4.39 Å². The molecule has 2 aromatic rings. The van der Waals surface area contributed by atoms with Crippen molar-refractivity contribution in [3.63, 3.8) is 0 Å². The molecule has 0 aliphatic carbocycles. The highest BCUT2D eigenvalue weighted by molar-refractivity contribution is 9.10. The maximum Gasteiger partial charge on any atom is 0.137 e. The molecular weight excluding hydrogens is 349 g/mol. The van der Waals surface area contributed by atoms with Crippen LogP contribution >= 0.6 is 27.7 Å². The van der Waals surface area contributed by atoms with E-state index in [0.29, 0.717) is 10.5 Å². The fraction of sp³-hybridized carbons (Fsp3) is 0.294. The molecule has 0 heterocycles. The molecule has 0 spiro atoms. The topological polar surface area (TPSA) is 12.0 Å². The second-order valence-corrected chi connectivity index (χ2v) is 7.02. The summed E-state index contributed by atoms with van der Waals surface area (Å²) in [5, 5.41) is 3.40. The van der Waals surface area contributed by atoms with Crippen LogP contribution in [0, 0.1) is 5.82 Å². The van der Waals surface area contributed by atoms with Crippen molar-refractivity contribution in [2.75, 3.05) is 0 Å². The van der Waals surface area contributed by atoms with Gasteiger partial charge in [-0.15, -0.1) is 11.8 Å². The summed E-state index contributed by atoms with van der Waals surface area (Å²) in [5.41, 5.74) is 2.26. The molecule has 2 rings (SSSR count). The number of nitrogens with one attached hydrogen (secondary N) is 1. The quantitative estimate of drug-likeness (QED) is 0.687. The molecular formula is C17H19BrFNS. The molecule has 0 radical (unpaired) electrons. The van der Waals surface area contributed by atoms with Crippen molar-refractivity contribution in [2.24, 2.45) is 0 Å². The normalized spacial score (nSPS) is 11.1. The Morgan fingerprint density at radius 2 is 1.86 bits per heavy atom. The summed E-state index contributed by atoms with van der Waals surface area (Å²) >= 11 is 5.02. The molecule has 0 aliphatic heterocycles. The standard InChI is InChI=1S/C17H19BrFNS/c1-12(2)20-10-13-6-8-15(9-7-13)21-11-14-4-3-5-16(19)17(14)18/h3-9,12,20H,10-11H2,1-2H3. The van der Waals surface area contributed by atoms with E-state index in [4.69, 9.17) is 0 Å². The van der Waals surface area contributed by atoms with Gasteiger partial charge in [0.05, 0.1) is 4.47 Å². The lowest BCUT2D eigenvalue weighted by molar-refractivity contribution is 0.588. The first kappa shape index (κ1) is 16.5.